The second kappa shape index (κ2) is 9.89. The predicted octanol–water partition coefficient (Wildman–Crippen LogP) is 2.97. The van der Waals surface area contributed by atoms with E-state index in [-0.39, 0.29) is 11.6 Å². The summed E-state index contributed by atoms with van der Waals surface area (Å²) in [4.78, 5) is 43.8. The summed E-state index contributed by atoms with van der Waals surface area (Å²) in [6.45, 7) is 3.29. The predicted molar refractivity (Wildman–Crippen MR) is 120 cm³/mol. The van der Waals surface area contributed by atoms with Crippen molar-refractivity contribution in [2.75, 3.05) is 7.11 Å². The molecule has 2 amide bonds. The molecule has 0 bridgehead atoms. The second-order valence-electron chi connectivity index (χ2n) is 8.86. The van der Waals surface area contributed by atoms with Crippen LogP contribution in [0.25, 0.3) is 11.3 Å². The Kier molecular flexibility index (Phi) is 7.22. The highest BCUT2D eigenvalue weighted by Gasteiger charge is 2.32. The van der Waals surface area contributed by atoms with E-state index < -0.39 is 17.4 Å². The minimum atomic E-state index is -1.02. The van der Waals surface area contributed by atoms with Gasteiger partial charge in [0.1, 0.15) is 11.2 Å². The van der Waals surface area contributed by atoms with Gasteiger partial charge < -0.3 is 15.8 Å². The summed E-state index contributed by atoms with van der Waals surface area (Å²) in [5.74, 6) is -0.420. The van der Waals surface area contributed by atoms with Crippen LogP contribution in [0.15, 0.2) is 36.7 Å². The smallest absolute Gasteiger partial charge is 0.330 e. The van der Waals surface area contributed by atoms with Gasteiger partial charge in [-0.05, 0) is 56.9 Å². The maximum absolute atomic E-state index is 12.4. The Bertz CT molecular complexity index is 980. The van der Waals surface area contributed by atoms with Gasteiger partial charge in [0.25, 0.3) is 5.91 Å². The number of hydrogen-bond acceptors (Lipinski definition) is 6. The maximum atomic E-state index is 12.4. The fraction of sp³-hybridized carbons (Fsp3) is 0.458. The molecule has 0 unspecified atom stereocenters. The molecule has 0 radical (unpaired) electrons. The normalized spacial score (nSPS) is 18.6. The van der Waals surface area contributed by atoms with E-state index in [1.807, 2.05) is 12.1 Å². The first-order valence-corrected chi connectivity index (χ1v) is 10.8. The van der Waals surface area contributed by atoms with Crippen molar-refractivity contribution in [1.82, 2.24) is 15.3 Å². The summed E-state index contributed by atoms with van der Waals surface area (Å²) in [6, 6.07) is 8.15. The fourth-order valence-corrected chi connectivity index (χ4v) is 4.22. The fourth-order valence-electron chi connectivity index (χ4n) is 4.22. The van der Waals surface area contributed by atoms with Crippen LogP contribution in [0.5, 0.6) is 0 Å². The molecule has 1 heterocycles. The van der Waals surface area contributed by atoms with Crippen molar-refractivity contribution in [1.29, 1.82) is 0 Å². The molecular weight excluding hydrogens is 408 g/mol. The van der Waals surface area contributed by atoms with Gasteiger partial charge in [-0.15, -0.1) is 0 Å². The molecule has 1 fully saturated rings. The Morgan fingerprint density at radius 3 is 2.34 bits per heavy atom. The van der Waals surface area contributed by atoms with Gasteiger partial charge in [-0.1, -0.05) is 24.3 Å². The molecular formula is C24H30N4O4. The molecule has 2 aromatic rings. The van der Waals surface area contributed by atoms with Crippen LogP contribution in [0.1, 0.15) is 67.9 Å². The molecule has 3 rings (SSSR count). The SMILES string of the molecule is COC(=O)C(C)(C)NC(=O)CC1CCC(c2ccc(-c3cncc(C(N)=O)n3)cc2)CC1. The number of carbonyl (C=O) groups is 3. The van der Waals surface area contributed by atoms with Crippen LogP contribution in [0.4, 0.5) is 0 Å². The summed E-state index contributed by atoms with van der Waals surface area (Å²) in [7, 11) is 1.32. The molecule has 8 heteroatoms. The van der Waals surface area contributed by atoms with Gasteiger partial charge in [-0.2, -0.15) is 0 Å². The molecule has 1 aliphatic carbocycles. The molecule has 1 aromatic carbocycles. The number of nitrogens with zero attached hydrogens (tertiary/aromatic N) is 2. The molecule has 0 aliphatic heterocycles. The molecule has 0 spiro atoms. The zero-order valence-corrected chi connectivity index (χ0v) is 18.8. The Morgan fingerprint density at radius 1 is 1.09 bits per heavy atom. The lowest BCUT2D eigenvalue weighted by atomic mass is 9.77. The van der Waals surface area contributed by atoms with Crippen LogP contribution >= 0.6 is 0 Å². The second-order valence-corrected chi connectivity index (χ2v) is 8.86. The summed E-state index contributed by atoms with van der Waals surface area (Å²) in [5.41, 5.74) is 7.15. The number of amides is 2. The Hall–Kier alpha value is -3.29. The van der Waals surface area contributed by atoms with E-state index in [0.29, 0.717) is 24.0 Å². The van der Waals surface area contributed by atoms with Crippen LogP contribution in [-0.2, 0) is 14.3 Å². The topological polar surface area (TPSA) is 124 Å². The molecule has 1 saturated carbocycles. The van der Waals surface area contributed by atoms with Crippen molar-refractivity contribution in [2.45, 2.75) is 57.4 Å². The van der Waals surface area contributed by atoms with Gasteiger partial charge in [-0.3, -0.25) is 14.6 Å². The van der Waals surface area contributed by atoms with Crippen LogP contribution in [0.2, 0.25) is 0 Å². The molecule has 0 atom stereocenters. The van der Waals surface area contributed by atoms with Crippen molar-refractivity contribution in [3.05, 3.63) is 47.9 Å². The molecule has 0 saturated heterocycles. The van der Waals surface area contributed by atoms with E-state index in [9.17, 15) is 14.4 Å². The number of rotatable bonds is 7. The van der Waals surface area contributed by atoms with Crippen LogP contribution in [0.3, 0.4) is 0 Å². The van der Waals surface area contributed by atoms with Gasteiger partial charge in [-0.25, -0.2) is 9.78 Å². The first-order chi connectivity index (χ1) is 15.2. The number of hydrogen-bond donors (Lipinski definition) is 2. The summed E-state index contributed by atoms with van der Waals surface area (Å²) in [6.07, 6.45) is 7.33. The van der Waals surface area contributed by atoms with Crippen molar-refractivity contribution < 1.29 is 19.1 Å². The van der Waals surface area contributed by atoms with E-state index in [2.05, 4.69) is 27.4 Å². The monoisotopic (exact) mass is 438 g/mol. The first-order valence-electron chi connectivity index (χ1n) is 10.8. The number of ether oxygens (including phenoxy) is 1. The average molecular weight is 439 g/mol. The highest BCUT2D eigenvalue weighted by molar-refractivity contribution is 5.91. The number of nitrogens with one attached hydrogen (secondary N) is 1. The minimum Gasteiger partial charge on any atom is -0.467 e. The molecule has 3 N–H and O–H groups in total. The molecule has 1 aromatic heterocycles. The quantitative estimate of drug-likeness (QED) is 0.641. The number of benzene rings is 1. The van der Waals surface area contributed by atoms with E-state index >= 15 is 0 Å². The van der Waals surface area contributed by atoms with Crippen LogP contribution in [0, 0.1) is 5.92 Å². The zero-order valence-electron chi connectivity index (χ0n) is 18.8. The molecule has 32 heavy (non-hydrogen) atoms. The highest BCUT2D eigenvalue weighted by Crippen LogP contribution is 2.37. The van der Waals surface area contributed by atoms with E-state index in [0.717, 1.165) is 31.2 Å². The largest absolute Gasteiger partial charge is 0.467 e. The number of primary amides is 1. The Morgan fingerprint density at radius 2 is 1.75 bits per heavy atom. The maximum Gasteiger partial charge on any atom is 0.330 e. The Balaban J connectivity index is 1.54. The van der Waals surface area contributed by atoms with Crippen molar-refractivity contribution in [2.24, 2.45) is 11.7 Å². The third kappa shape index (κ3) is 5.69. The number of methoxy groups -OCH3 is 1. The third-order valence-electron chi connectivity index (χ3n) is 6.03. The molecule has 170 valence electrons. The van der Waals surface area contributed by atoms with Gasteiger partial charge in [0, 0.05) is 12.0 Å². The third-order valence-corrected chi connectivity index (χ3v) is 6.03. The van der Waals surface area contributed by atoms with Crippen LogP contribution < -0.4 is 11.1 Å². The van der Waals surface area contributed by atoms with E-state index in [1.54, 1.807) is 20.0 Å². The highest BCUT2D eigenvalue weighted by atomic mass is 16.5. The molecule has 1 aliphatic rings. The van der Waals surface area contributed by atoms with Gasteiger partial charge >= 0.3 is 5.97 Å². The van der Waals surface area contributed by atoms with Crippen molar-refractivity contribution in [3.63, 3.8) is 0 Å². The summed E-state index contributed by atoms with van der Waals surface area (Å²) in [5, 5.41) is 2.78. The first kappa shape index (κ1) is 23.4. The van der Waals surface area contributed by atoms with Gasteiger partial charge in [0.2, 0.25) is 5.91 Å². The summed E-state index contributed by atoms with van der Waals surface area (Å²) >= 11 is 0. The zero-order chi connectivity index (χ0) is 23.3. The van der Waals surface area contributed by atoms with Gasteiger partial charge in [0.05, 0.1) is 25.2 Å². The number of aromatic nitrogens is 2. The number of nitrogens with two attached hydrogens (primary N) is 1. The van der Waals surface area contributed by atoms with Crippen molar-refractivity contribution in [3.8, 4) is 11.3 Å². The summed E-state index contributed by atoms with van der Waals surface area (Å²) < 4.78 is 4.74. The number of esters is 1. The van der Waals surface area contributed by atoms with Crippen molar-refractivity contribution >= 4 is 17.8 Å². The lowest BCUT2D eigenvalue weighted by Gasteiger charge is -2.30. The minimum absolute atomic E-state index is 0.118. The van der Waals surface area contributed by atoms with E-state index in [1.165, 1.54) is 18.9 Å². The average Bonchev–Trinajstić information content (AvgIpc) is 2.78. The van der Waals surface area contributed by atoms with Gasteiger partial charge in [0.15, 0.2) is 0 Å². The van der Waals surface area contributed by atoms with E-state index in [4.69, 9.17) is 10.5 Å². The standard InChI is InChI=1S/C24H30N4O4/c1-24(2,23(31)32-3)28-21(29)12-15-4-6-16(7-5-15)17-8-10-18(11-9-17)19-13-26-14-20(27-19)22(25)30/h8-11,13-16H,4-7,12H2,1-3H3,(H2,25,30)(H,28,29). The van der Waals surface area contributed by atoms with Crippen LogP contribution in [-0.4, -0.2) is 40.4 Å². The molecule has 8 nitrogen and oxygen atoms in total. The lowest BCUT2D eigenvalue weighted by molar-refractivity contribution is -0.149. The Labute approximate surface area is 188 Å². The lowest BCUT2D eigenvalue weighted by Crippen LogP contribution is -2.50. The number of carbonyl (C=O) groups excluding carboxylic acids is 3.